The zero-order valence-electron chi connectivity index (χ0n) is 17.3. The van der Waals surface area contributed by atoms with Gasteiger partial charge in [-0.05, 0) is 54.6 Å². The fourth-order valence-electron chi connectivity index (χ4n) is 3.42. The molecule has 0 atom stereocenters. The molecule has 0 fully saturated rings. The highest BCUT2D eigenvalue weighted by Crippen LogP contribution is 2.28. The molecule has 3 aromatic carbocycles. The minimum atomic E-state index is -4.71. The molecule has 4 aromatic rings. The van der Waals surface area contributed by atoms with E-state index in [1.165, 1.54) is 54.6 Å². The Labute approximate surface area is 202 Å². The Bertz CT molecular complexity index is 1680. The molecule has 1 N–H and O–H groups in total. The van der Waals surface area contributed by atoms with Crippen LogP contribution in [0.25, 0.3) is 10.9 Å². The molecular weight excluding hydrogens is 505 g/mol. The maximum Gasteiger partial charge on any atom is 0.365 e. The first-order valence-electron chi connectivity index (χ1n) is 9.61. The van der Waals surface area contributed by atoms with Gasteiger partial charge in [0.05, 0.1) is 15.8 Å². The van der Waals surface area contributed by atoms with Gasteiger partial charge in [0.2, 0.25) is 5.91 Å². The Balaban J connectivity index is 2.19. The van der Waals surface area contributed by atoms with Gasteiger partial charge in [0.1, 0.15) is 11.4 Å². The van der Waals surface area contributed by atoms with Gasteiger partial charge in [0, 0.05) is 17.0 Å². The average molecular weight is 520 g/mol. The van der Waals surface area contributed by atoms with Crippen LogP contribution in [-0.2, 0) is 14.8 Å². The van der Waals surface area contributed by atoms with Crippen LogP contribution in [-0.4, -0.2) is 28.1 Å². The summed E-state index contributed by atoms with van der Waals surface area (Å²) in [5.74, 6) is -1.11. The van der Waals surface area contributed by atoms with E-state index >= 15 is 0 Å². The fourth-order valence-corrected chi connectivity index (χ4v) is 5.01. The molecule has 0 bridgehead atoms. The molecule has 1 amide bonds. The predicted octanol–water partition coefficient (Wildman–Crippen LogP) is 3.23. The number of aromatic nitrogens is 2. The van der Waals surface area contributed by atoms with Crippen molar-refractivity contribution >= 4 is 55.7 Å². The number of rotatable bonds is 4. The van der Waals surface area contributed by atoms with Crippen molar-refractivity contribution in [3.05, 3.63) is 97.6 Å². The third kappa shape index (κ3) is 3.85. The van der Waals surface area contributed by atoms with E-state index in [-0.39, 0.29) is 41.3 Å². The number of benzene rings is 3. The van der Waals surface area contributed by atoms with Gasteiger partial charge >= 0.3 is 5.69 Å². The second-order valence-electron chi connectivity index (χ2n) is 7.10. The van der Waals surface area contributed by atoms with Crippen molar-refractivity contribution in [2.75, 3.05) is 5.01 Å². The molecule has 174 valence electrons. The van der Waals surface area contributed by atoms with Gasteiger partial charge in [-0.15, -0.1) is 3.97 Å². The van der Waals surface area contributed by atoms with Crippen LogP contribution in [0.5, 0.6) is 5.75 Å². The van der Waals surface area contributed by atoms with E-state index in [0.29, 0.717) is 4.68 Å². The Morgan fingerprint density at radius 2 is 1.56 bits per heavy atom. The first-order valence-corrected chi connectivity index (χ1v) is 11.8. The number of phenolic OH excluding ortho intramolecular Hbond substituents is 1. The van der Waals surface area contributed by atoms with Crippen molar-refractivity contribution in [3.63, 3.8) is 0 Å². The van der Waals surface area contributed by atoms with Crippen LogP contribution in [0, 0.1) is 0 Å². The average Bonchev–Trinajstić information content (AvgIpc) is 2.77. The zero-order chi connectivity index (χ0) is 24.8. The molecule has 0 aliphatic carbocycles. The molecule has 0 aliphatic rings. The van der Waals surface area contributed by atoms with Crippen LogP contribution in [0.1, 0.15) is 6.92 Å². The fraction of sp³-hybridized carbons (Fsp3) is 0.0455. The van der Waals surface area contributed by atoms with Crippen molar-refractivity contribution in [1.82, 2.24) is 8.65 Å². The number of amides is 1. The summed E-state index contributed by atoms with van der Waals surface area (Å²) in [5.41, 5.74) is -2.76. The second-order valence-corrected chi connectivity index (χ2v) is 9.76. The van der Waals surface area contributed by atoms with Gasteiger partial charge < -0.3 is 5.11 Å². The molecule has 0 unspecified atom stereocenters. The number of halogens is 2. The third-order valence-electron chi connectivity index (χ3n) is 4.92. The molecule has 12 heteroatoms. The molecule has 0 saturated carbocycles. The standard InChI is InChI=1S/C22H15Cl2N3O6S/c1-13(28)25(18-4-2-3-5-20(18)29)26-19-12-15(24)8-11-17(19)21(30)27(22(26)31)34(32,33)16-9-6-14(23)7-10-16/h2-12,29H,1H3. The van der Waals surface area contributed by atoms with Crippen molar-refractivity contribution < 1.29 is 18.3 Å². The first kappa shape index (κ1) is 23.6. The summed E-state index contributed by atoms with van der Waals surface area (Å²) in [6.45, 7) is 1.11. The summed E-state index contributed by atoms with van der Waals surface area (Å²) < 4.78 is 27.5. The van der Waals surface area contributed by atoms with E-state index < -0.39 is 27.2 Å². The zero-order valence-corrected chi connectivity index (χ0v) is 19.7. The molecule has 1 aromatic heterocycles. The normalized spacial score (nSPS) is 11.5. The van der Waals surface area contributed by atoms with Crippen molar-refractivity contribution in [2.24, 2.45) is 0 Å². The number of hydrogen-bond donors (Lipinski definition) is 1. The number of nitrogens with zero attached hydrogens (tertiary/aromatic N) is 3. The predicted molar refractivity (Wildman–Crippen MR) is 128 cm³/mol. The quantitative estimate of drug-likeness (QED) is 0.442. The van der Waals surface area contributed by atoms with Crippen LogP contribution in [0.2, 0.25) is 10.0 Å². The maximum absolute atomic E-state index is 13.6. The summed E-state index contributed by atoms with van der Waals surface area (Å²) in [6.07, 6.45) is 0. The molecule has 4 rings (SSSR count). The molecule has 0 radical (unpaired) electrons. The van der Waals surface area contributed by atoms with Crippen molar-refractivity contribution in [1.29, 1.82) is 0 Å². The van der Waals surface area contributed by atoms with E-state index in [1.807, 2.05) is 0 Å². The van der Waals surface area contributed by atoms with Crippen LogP contribution in [0.15, 0.2) is 81.2 Å². The summed E-state index contributed by atoms with van der Waals surface area (Å²) >= 11 is 11.9. The number of anilines is 1. The second kappa shape index (κ2) is 8.64. The van der Waals surface area contributed by atoms with Gasteiger partial charge in [0.25, 0.3) is 15.6 Å². The van der Waals surface area contributed by atoms with Crippen molar-refractivity contribution in [3.8, 4) is 5.75 Å². The number of carbonyl (C=O) groups excluding carboxylic acids is 1. The first-order chi connectivity index (χ1) is 16.0. The number of para-hydroxylation sites is 2. The summed E-state index contributed by atoms with van der Waals surface area (Å²) in [5, 5.41) is 11.3. The number of carbonyl (C=O) groups is 1. The van der Waals surface area contributed by atoms with Gasteiger partial charge in [-0.2, -0.15) is 4.68 Å². The summed E-state index contributed by atoms with van der Waals surface area (Å²) in [7, 11) is -4.71. The number of aromatic hydroxyl groups is 1. The summed E-state index contributed by atoms with van der Waals surface area (Å²) in [6, 6.07) is 14.4. The molecule has 9 nitrogen and oxygen atoms in total. The highest BCUT2D eigenvalue weighted by molar-refractivity contribution is 7.90. The highest BCUT2D eigenvalue weighted by atomic mass is 35.5. The highest BCUT2D eigenvalue weighted by Gasteiger charge is 2.29. The minimum Gasteiger partial charge on any atom is -0.506 e. The van der Waals surface area contributed by atoms with E-state index in [1.54, 1.807) is 0 Å². The van der Waals surface area contributed by atoms with Gasteiger partial charge in [0.15, 0.2) is 0 Å². The summed E-state index contributed by atoms with van der Waals surface area (Å²) in [4.78, 5) is 39.2. The largest absolute Gasteiger partial charge is 0.506 e. The number of hydrogen-bond acceptors (Lipinski definition) is 6. The molecular formula is C22H15Cl2N3O6S. The maximum atomic E-state index is 13.6. The molecule has 0 aliphatic heterocycles. The Morgan fingerprint density at radius 1 is 0.941 bits per heavy atom. The lowest BCUT2D eigenvalue weighted by atomic mass is 10.2. The number of phenols is 1. The lowest BCUT2D eigenvalue weighted by Gasteiger charge is -2.26. The van der Waals surface area contributed by atoms with E-state index in [0.717, 1.165) is 24.1 Å². The Kier molecular flexibility index (Phi) is 5.98. The van der Waals surface area contributed by atoms with E-state index in [9.17, 15) is 27.9 Å². The third-order valence-corrected chi connectivity index (χ3v) is 7.08. The smallest absolute Gasteiger partial charge is 0.365 e. The molecule has 0 saturated heterocycles. The van der Waals surface area contributed by atoms with Crippen LogP contribution < -0.4 is 16.3 Å². The topological polar surface area (TPSA) is 119 Å². The lowest BCUT2D eigenvalue weighted by molar-refractivity contribution is -0.117. The van der Waals surface area contributed by atoms with Gasteiger partial charge in [-0.3, -0.25) is 9.59 Å². The van der Waals surface area contributed by atoms with Gasteiger partial charge in [-0.25, -0.2) is 18.2 Å². The Morgan fingerprint density at radius 3 is 2.18 bits per heavy atom. The van der Waals surface area contributed by atoms with E-state index in [2.05, 4.69) is 0 Å². The van der Waals surface area contributed by atoms with Crippen LogP contribution in [0.3, 0.4) is 0 Å². The molecule has 1 heterocycles. The molecule has 34 heavy (non-hydrogen) atoms. The SMILES string of the molecule is CC(=O)N(c1ccccc1O)n1c(=O)n(S(=O)(=O)c2ccc(Cl)cc2)c(=O)c2ccc(Cl)cc21. The monoisotopic (exact) mass is 519 g/mol. The minimum absolute atomic E-state index is 0.0579. The van der Waals surface area contributed by atoms with Gasteiger partial charge in [-0.1, -0.05) is 35.3 Å². The lowest BCUT2D eigenvalue weighted by Crippen LogP contribution is -2.51. The van der Waals surface area contributed by atoms with Crippen LogP contribution in [0.4, 0.5) is 5.69 Å². The molecule has 0 spiro atoms. The number of fused-ring (bicyclic) bond motifs is 1. The Hall–Kier alpha value is -3.60. The van der Waals surface area contributed by atoms with Crippen molar-refractivity contribution in [2.45, 2.75) is 11.8 Å². The van der Waals surface area contributed by atoms with Crippen LogP contribution >= 0.6 is 23.2 Å². The van der Waals surface area contributed by atoms with E-state index in [4.69, 9.17) is 23.2 Å².